The second kappa shape index (κ2) is 9.36. The van der Waals surface area contributed by atoms with Crippen molar-refractivity contribution >= 4 is 21.7 Å². The van der Waals surface area contributed by atoms with Gasteiger partial charge < -0.3 is 10.2 Å². The van der Waals surface area contributed by atoms with Crippen molar-refractivity contribution in [1.29, 1.82) is 0 Å². The van der Waals surface area contributed by atoms with Crippen LogP contribution in [0.2, 0.25) is 0 Å². The molecule has 8 heteroatoms. The number of aromatic nitrogens is 1. The van der Waals surface area contributed by atoms with Gasteiger partial charge in [0, 0.05) is 45.8 Å². The Morgan fingerprint density at radius 1 is 1.13 bits per heavy atom. The number of amides is 1. The highest BCUT2D eigenvalue weighted by atomic mass is 32.2. The highest BCUT2D eigenvalue weighted by Crippen LogP contribution is 2.28. The third kappa shape index (κ3) is 5.25. The van der Waals surface area contributed by atoms with E-state index in [0.29, 0.717) is 37.4 Å². The molecule has 2 aromatic rings. The third-order valence-corrected chi connectivity index (χ3v) is 7.97. The summed E-state index contributed by atoms with van der Waals surface area (Å²) in [6.45, 7) is 6.77. The predicted molar refractivity (Wildman–Crippen MR) is 123 cm³/mol. The van der Waals surface area contributed by atoms with E-state index in [1.54, 1.807) is 6.20 Å². The Hall–Kier alpha value is -2.45. The van der Waals surface area contributed by atoms with Crippen LogP contribution in [0.1, 0.15) is 35.1 Å². The van der Waals surface area contributed by atoms with Gasteiger partial charge in [-0.2, -0.15) is 4.31 Å². The zero-order valence-electron chi connectivity index (χ0n) is 19.0. The van der Waals surface area contributed by atoms with Crippen LogP contribution in [-0.4, -0.2) is 50.8 Å². The minimum atomic E-state index is -3.57. The Labute approximate surface area is 185 Å². The molecule has 1 fully saturated rings. The van der Waals surface area contributed by atoms with Crippen molar-refractivity contribution in [2.75, 3.05) is 32.1 Å². The number of carbonyl (C=O) groups excluding carboxylic acids is 1. The lowest BCUT2D eigenvalue weighted by atomic mass is 9.97. The molecule has 1 amide bonds. The fourth-order valence-corrected chi connectivity index (χ4v) is 6.06. The van der Waals surface area contributed by atoms with Crippen LogP contribution in [-0.2, 0) is 21.4 Å². The van der Waals surface area contributed by atoms with Gasteiger partial charge in [0.2, 0.25) is 15.9 Å². The number of rotatable bonds is 6. The monoisotopic (exact) mass is 444 g/mol. The molecule has 168 valence electrons. The average molecular weight is 445 g/mol. The van der Waals surface area contributed by atoms with Crippen LogP contribution < -0.4 is 10.2 Å². The summed E-state index contributed by atoms with van der Waals surface area (Å²) in [6, 6.07) is 7.67. The Balaban J connectivity index is 1.58. The molecule has 0 radical (unpaired) electrons. The molecule has 0 unspecified atom stereocenters. The smallest absolute Gasteiger partial charge is 0.243 e. The molecular formula is C23H32N4O3S. The molecule has 1 aliphatic heterocycles. The quantitative estimate of drug-likeness (QED) is 0.741. The molecule has 31 heavy (non-hydrogen) atoms. The summed E-state index contributed by atoms with van der Waals surface area (Å²) in [5.41, 5.74) is 3.53. The lowest BCUT2D eigenvalue weighted by Gasteiger charge is -2.31. The van der Waals surface area contributed by atoms with Crippen LogP contribution in [0.15, 0.2) is 35.4 Å². The zero-order valence-corrected chi connectivity index (χ0v) is 19.8. The van der Waals surface area contributed by atoms with Gasteiger partial charge in [0.25, 0.3) is 0 Å². The van der Waals surface area contributed by atoms with E-state index in [0.717, 1.165) is 28.1 Å². The Morgan fingerprint density at radius 2 is 1.74 bits per heavy atom. The van der Waals surface area contributed by atoms with Crippen molar-refractivity contribution in [2.45, 2.75) is 45.1 Å². The van der Waals surface area contributed by atoms with Crippen molar-refractivity contribution in [1.82, 2.24) is 14.6 Å². The Bertz CT molecular complexity index is 1020. The standard InChI is InChI=1S/C23H32N4O3S/c1-16-12-17(2)22(18(3)13-16)31(29,30)27-10-8-20(9-11-27)23(28)25-15-19-6-7-21(24-14-19)26(4)5/h6-7,12-14,20H,8-11,15H2,1-5H3,(H,25,28). The number of anilines is 1. The van der Waals surface area contributed by atoms with Gasteiger partial charge in [0.1, 0.15) is 5.82 Å². The first-order valence-electron chi connectivity index (χ1n) is 10.6. The number of hydrogen-bond donors (Lipinski definition) is 1. The summed E-state index contributed by atoms with van der Waals surface area (Å²) in [6.07, 6.45) is 2.80. The summed E-state index contributed by atoms with van der Waals surface area (Å²) in [5, 5.41) is 2.97. The molecule has 1 saturated heterocycles. The van der Waals surface area contributed by atoms with E-state index in [9.17, 15) is 13.2 Å². The molecule has 0 aliphatic carbocycles. The van der Waals surface area contributed by atoms with E-state index in [-0.39, 0.29) is 11.8 Å². The topological polar surface area (TPSA) is 82.6 Å². The lowest BCUT2D eigenvalue weighted by molar-refractivity contribution is -0.126. The minimum Gasteiger partial charge on any atom is -0.363 e. The van der Waals surface area contributed by atoms with Gasteiger partial charge in [-0.05, 0) is 56.4 Å². The van der Waals surface area contributed by atoms with Gasteiger partial charge >= 0.3 is 0 Å². The van der Waals surface area contributed by atoms with Gasteiger partial charge in [-0.1, -0.05) is 23.8 Å². The Morgan fingerprint density at radius 3 is 2.26 bits per heavy atom. The van der Waals surface area contributed by atoms with Crippen molar-refractivity contribution in [2.24, 2.45) is 5.92 Å². The van der Waals surface area contributed by atoms with Crippen molar-refractivity contribution in [3.63, 3.8) is 0 Å². The fraction of sp³-hybridized carbons (Fsp3) is 0.478. The molecule has 0 spiro atoms. The first kappa shape index (κ1) is 23.2. The zero-order chi connectivity index (χ0) is 22.8. The maximum absolute atomic E-state index is 13.2. The van der Waals surface area contributed by atoms with Gasteiger partial charge in [0.15, 0.2) is 0 Å². The number of pyridine rings is 1. The highest BCUT2D eigenvalue weighted by molar-refractivity contribution is 7.89. The van der Waals surface area contributed by atoms with Gasteiger partial charge in [0.05, 0.1) is 4.90 Å². The van der Waals surface area contributed by atoms with Crippen LogP contribution in [0.3, 0.4) is 0 Å². The molecule has 2 heterocycles. The second-order valence-corrected chi connectivity index (χ2v) is 10.4. The SMILES string of the molecule is Cc1cc(C)c(S(=O)(=O)N2CCC(C(=O)NCc3ccc(N(C)C)nc3)CC2)c(C)c1. The minimum absolute atomic E-state index is 0.0311. The number of nitrogens with one attached hydrogen (secondary N) is 1. The summed E-state index contributed by atoms with van der Waals surface area (Å²) in [5.74, 6) is 0.653. The molecule has 1 aromatic heterocycles. The summed E-state index contributed by atoms with van der Waals surface area (Å²) >= 11 is 0. The molecule has 7 nitrogen and oxygen atoms in total. The summed E-state index contributed by atoms with van der Waals surface area (Å²) < 4.78 is 28.0. The van der Waals surface area contributed by atoms with E-state index in [2.05, 4.69) is 10.3 Å². The van der Waals surface area contributed by atoms with E-state index in [1.165, 1.54) is 4.31 Å². The van der Waals surface area contributed by atoms with E-state index in [4.69, 9.17) is 0 Å². The molecule has 0 bridgehead atoms. The largest absolute Gasteiger partial charge is 0.363 e. The fourth-order valence-electron chi connectivity index (χ4n) is 4.18. The lowest BCUT2D eigenvalue weighted by Crippen LogP contribution is -2.43. The van der Waals surface area contributed by atoms with Crippen LogP contribution in [0.5, 0.6) is 0 Å². The average Bonchev–Trinajstić information content (AvgIpc) is 2.71. The molecule has 0 atom stereocenters. The Kier molecular flexibility index (Phi) is 7.01. The molecule has 1 aliphatic rings. The maximum Gasteiger partial charge on any atom is 0.243 e. The highest BCUT2D eigenvalue weighted by Gasteiger charge is 2.33. The summed E-state index contributed by atoms with van der Waals surface area (Å²) in [7, 11) is 0.290. The number of benzene rings is 1. The molecule has 3 rings (SSSR count). The van der Waals surface area contributed by atoms with E-state index < -0.39 is 10.0 Å². The van der Waals surface area contributed by atoms with Crippen molar-refractivity contribution in [3.05, 3.63) is 52.7 Å². The van der Waals surface area contributed by atoms with Gasteiger partial charge in [-0.15, -0.1) is 0 Å². The van der Waals surface area contributed by atoms with Gasteiger partial charge in [-0.3, -0.25) is 4.79 Å². The normalized spacial score (nSPS) is 15.6. The van der Waals surface area contributed by atoms with Gasteiger partial charge in [-0.25, -0.2) is 13.4 Å². The van der Waals surface area contributed by atoms with Crippen molar-refractivity contribution in [3.8, 4) is 0 Å². The number of piperidine rings is 1. The van der Waals surface area contributed by atoms with Crippen LogP contribution in [0.4, 0.5) is 5.82 Å². The first-order valence-corrected chi connectivity index (χ1v) is 12.0. The first-order chi connectivity index (χ1) is 14.6. The van der Waals surface area contributed by atoms with E-state index >= 15 is 0 Å². The molecule has 1 N–H and O–H groups in total. The van der Waals surface area contributed by atoms with Crippen LogP contribution >= 0.6 is 0 Å². The second-order valence-electron chi connectivity index (χ2n) is 8.54. The van der Waals surface area contributed by atoms with Crippen LogP contribution in [0, 0.1) is 26.7 Å². The summed E-state index contributed by atoms with van der Waals surface area (Å²) in [4.78, 5) is 19.3. The van der Waals surface area contributed by atoms with Crippen molar-refractivity contribution < 1.29 is 13.2 Å². The molecular weight excluding hydrogens is 412 g/mol. The van der Waals surface area contributed by atoms with Crippen LogP contribution in [0.25, 0.3) is 0 Å². The number of aryl methyl sites for hydroxylation is 3. The molecule has 1 aromatic carbocycles. The number of carbonyl (C=O) groups is 1. The number of hydrogen-bond acceptors (Lipinski definition) is 5. The number of sulfonamides is 1. The predicted octanol–water partition coefficient (Wildman–Crippen LogP) is 2.79. The molecule has 0 saturated carbocycles. The number of nitrogens with zero attached hydrogens (tertiary/aromatic N) is 3. The maximum atomic E-state index is 13.2. The van der Waals surface area contributed by atoms with E-state index in [1.807, 2.05) is 64.0 Å². The third-order valence-electron chi connectivity index (χ3n) is 5.76.